The molecule has 1 aliphatic carbocycles. The van der Waals surface area contributed by atoms with Crippen LogP contribution in [0.3, 0.4) is 0 Å². The van der Waals surface area contributed by atoms with Gasteiger partial charge in [0.05, 0.1) is 4.75 Å². The normalized spacial score (nSPS) is 33.4. The maximum absolute atomic E-state index is 12.0. The number of thioether (sulfide) groups is 1. The fourth-order valence-corrected chi connectivity index (χ4v) is 4.87. The second kappa shape index (κ2) is 4.90. The maximum atomic E-state index is 12.0. The number of amides is 1. The van der Waals surface area contributed by atoms with E-state index in [2.05, 4.69) is 27.8 Å². The fraction of sp³-hybridized carbons (Fsp3) is 0.429. The molecule has 1 saturated carbocycles. The van der Waals surface area contributed by atoms with E-state index >= 15 is 0 Å². The van der Waals surface area contributed by atoms with Crippen molar-refractivity contribution >= 4 is 50.2 Å². The van der Waals surface area contributed by atoms with Crippen LogP contribution in [0.1, 0.15) is 25.3 Å². The summed E-state index contributed by atoms with van der Waals surface area (Å²) in [5, 5.41) is 0.340. The molecule has 1 spiro atoms. The lowest BCUT2D eigenvalue weighted by Crippen LogP contribution is -2.35. The Hall–Kier alpha value is -0.320. The molecular formula is C14H13BrClNOS. The van der Waals surface area contributed by atoms with Crippen LogP contribution in [-0.2, 0) is 4.79 Å². The third-order valence-corrected chi connectivity index (χ3v) is 6.69. The molecule has 0 radical (unpaired) electrons. The van der Waals surface area contributed by atoms with Gasteiger partial charge in [0.25, 0.3) is 5.91 Å². The molecule has 1 aromatic carbocycles. The molecular weight excluding hydrogens is 346 g/mol. The van der Waals surface area contributed by atoms with Crippen molar-refractivity contribution < 1.29 is 4.79 Å². The van der Waals surface area contributed by atoms with Gasteiger partial charge >= 0.3 is 0 Å². The van der Waals surface area contributed by atoms with Gasteiger partial charge in [-0.1, -0.05) is 53.2 Å². The Labute approximate surface area is 130 Å². The molecule has 1 aliphatic heterocycles. The van der Waals surface area contributed by atoms with Gasteiger partial charge in [0.2, 0.25) is 0 Å². The zero-order valence-corrected chi connectivity index (χ0v) is 13.6. The smallest absolute Gasteiger partial charge is 0.266 e. The minimum atomic E-state index is -0.471. The Bertz CT molecular complexity index is 559. The van der Waals surface area contributed by atoms with Gasteiger partial charge < -0.3 is 0 Å². The van der Waals surface area contributed by atoms with Crippen LogP contribution in [0.2, 0.25) is 0 Å². The van der Waals surface area contributed by atoms with E-state index < -0.39 is 5.38 Å². The van der Waals surface area contributed by atoms with Crippen LogP contribution in [0.5, 0.6) is 0 Å². The first kappa shape index (κ1) is 13.7. The monoisotopic (exact) mass is 357 g/mol. The van der Waals surface area contributed by atoms with Crippen LogP contribution in [0.4, 0.5) is 0 Å². The Balaban J connectivity index is 1.93. The molecule has 1 fully saturated rings. The summed E-state index contributed by atoms with van der Waals surface area (Å²) >= 11 is 11.4. The summed E-state index contributed by atoms with van der Waals surface area (Å²) in [5.41, 5.74) is 0.992. The van der Waals surface area contributed by atoms with E-state index in [4.69, 9.17) is 11.6 Å². The summed E-state index contributed by atoms with van der Waals surface area (Å²) in [6.45, 7) is 2.15. The van der Waals surface area contributed by atoms with E-state index in [0.29, 0.717) is 5.92 Å². The molecule has 3 rings (SSSR count). The molecule has 0 unspecified atom stereocenters. The van der Waals surface area contributed by atoms with Crippen molar-refractivity contribution in [3.63, 3.8) is 0 Å². The lowest BCUT2D eigenvalue weighted by Gasteiger charge is -2.25. The molecule has 0 aromatic heterocycles. The minimum absolute atomic E-state index is 0.114. The first-order chi connectivity index (χ1) is 9.06. The Morgan fingerprint density at radius 1 is 1.47 bits per heavy atom. The van der Waals surface area contributed by atoms with Crippen molar-refractivity contribution in [3.05, 3.63) is 34.3 Å². The van der Waals surface area contributed by atoms with Crippen LogP contribution < -0.4 is 0 Å². The minimum Gasteiger partial charge on any atom is -0.271 e. The topological polar surface area (TPSA) is 29.4 Å². The number of aliphatic imine (C=N–C) groups is 1. The highest BCUT2D eigenvalue weighted by Crippen LogP contribution is 2.62. The van der Waals surface area contributed by atoms with Crippen molar-refractivity contribution in [3.8, 4) is 0 Å². The molecule has 1 aromatic rings. The van der Waals surface area contributed by atoms with E-state index in [1.807, 2.05) is 24.3 Å². The van der Waals surface area contributed by atoms with E-state index in [9.17, 15) is 4.79 Å². The molecule has 0 saturated heterocycles. The highest BCUT2D eigenvalue weighted by Gasteiger charge is 2.62. The Morgan fingerprint density at radius 3 is 2.74 bits per heavy atom. The summed E-state index contributed by atoms with van der Waals surface area (Å²) in [6.07, 6.45) is 2.08. The molecule has 0 N–H and O–H groups in total. The van der Waals surface area contributed by atoms with Gasteiger partial charge in [-0.15, -0.1) is 11.6 Å². The van der Waals surface area contributed by atoms with Crippen LogP contribution >= 0.6 is 39.3 Å². The van der Waals surface area contributed by atoms with Crippen LogP contribution in [0, 0.1) is 5.92 Å². The van der Waals surface area contributed by atoms with Gasteiger partial charge in [-0.3, -0.25) is 4.79 Å². The molecule has 2 nitrogen and oxygen atoms in total. The first-order valence-electron chi connectivity index (χ1n) is 6.28. The quantitative estimate of drug-likeness (QED) is 0.740. The SMILES string of the molecule is CC[C@H]1C[C@@]12SC(c1ccc(Br)cc1)=NC(=O)[C@@H]2Cl. The molecule has 1 amide bonds. The van der Waals surface area contributed by atoms with Gasteiger partial charge in [0.15, 0.2) is 0 Å². The number of benzene rings is 1. The largest absolute Gasteiger partial charge is 0.271 e. The Kier molecular flexibility index (Phi) is 3.52. The standard InChI is InChI=1S/C14H13BrClNOS/c1-2-9-7-14(9)11(16)12(18)17-13(19-14)8-3-5-10(15)6-4-8/h3-6,9,11H,2,7H2,1H3/t9-,11-,14+/m0/s1. The van der Waals surface area contributed by atoms with Crippen molar-refractivity contribution in [2.45, 2.75) is 29.9 Å². The number of hydrogen-bond donors (Lipinski definition) is 0. The van der Waals surface area contributed by atoms with E-state index in [0.717, 1.165) is 27.9 Å². The highest BCUT2D eigenvalue weighted by molar-refractivity contribution is 9.10. The van der Waals surface area contributed by atoms with Gasteiger partial charge in [0, 0.05) is 10.0 Å². The molecule has 5 heteroatoms. The molecule has 1 heterocycles. The first-order valence-corrected chi connectivity index (χ1v) is 8.33. The van der Waals surface area contributed by atoms with Gasteiger partial charge in [0.1, 0.15) is 10.4 Å². The van der Waals surface area contributed by atoms with Crippen molar-refractivity contribution in [1.82, 2.24) is 0 Å². The fourth-order valence-electron chi connectivity index (χ4n) is 2.59. The summed E-state index contributed by atoms with van der Waals surface area (Å²) < 4.78 is 0.907. The summed E-state index contributed by atoms with van der Waals surface area (Å²) in [7, 11) is 0. The van der Waals surface area contributed by atoms with Gasteiger partial charge in [-0.25, -0.2) is 4.99 Å². The third kappa shape index (κ3) is 2.28. The van der Waals surface area contributed by atoms with E-state index in [1.165, 1.54) is 0 Å². The molecule has 0 bridgehead atoms. The summed E-state index contributed by atoms with van der Waals surface area (Å²) in [4.78, 5) is 16.2. The van der Waals surface area contributed by atoms with E-state index in [1.54, 1.807) is 11.8 Å². The van der Waals surface area contributed by atoms with Crippen molar-refractivity contribution in [2.75, 3.05) is 0 Å². The van der Waals surface area contributed by atoms with Crippen molar-refractivity contribution in [2.24, 2.45) is 10.9 Å². The number of halogens is 2. The number of hydrogen-bond acceptors (Lipinski definition) is 2. The average molecular weight is 359 g/mol. The lowest BCUT2D eigenvalue weighted by molar-refractivity contribution is -0.117. The van der Waals surface area contributed by atoms with Crippen LogP contribution in [0.15, 0.2) is 33.7 Å². The number of carbonyl (C=O) groups is 1. The summed E-state index contributed by atoms with van der Waals surface area (Å²) in [6, 6.07) is 7.89. The van der Waals surface area contributed by atoms with Crippen LogP contribution in [0.25, 0.3) is 0 Å². The van der Waals surface area contributed by atoms with E-state index in [-0.39, 0.29) is 10.7 Å². The number of alkyl halides is 1. The third-order valence-electron chi connectivity index (χ3n) is 3.82. The average Bonchev–Trinajstić information content (AvgIpc) is 3.11. The number of rotatable bonds is 2. The van der Waals surface area contributed by atoms with Crippen LogP contribution in [-0.4, -0.2) is 21.1 Å². The summed E-state index contributed by atoms with van der Waals surface area (Å²) in [5.74, 6) is 0.346. The second-order valence-corrected chi connectivity index (χ2v) is 7.69. The highest BCUT2D eigenvalue weighted by atomic mass is 79.9. The van der Waals surface area contributed by atoms with Gasteiger partial charge in [-0.2, -0.15) is 0 Å². The molecule has 19 heavy (non-hydrogen) atoms. The second-order valence-electron chi connectivity index (χ2n) is 4.99. The maximum Gasteiger partial charge on any atom is 0.266 e. The number of carbonyl (C=O) groups excluding carboxylic acids is 1. The lowest BCUT2D eigenvalue weighted by atomic mass is 10.1. The molecule has 3 atom stereocenters. The predicted molar refractivity (Wildman–Crippen MR) is 84.0 cm³/mol. The zero-order valence-electron chi connectivity index (χ0n) is 10.4. The molecule has 100 valence electrons. The number of nitrogens with zero attached hydrogens (tertiary/aromatic N) is 1. The predicted octanol–water partition coefficient (Wildman–Crippen LogP) is 4.25. The van der Waals surface area contributed by atoms with Gasteiger partial charge in [-0.05, 0) is 24.5 Å². The zero-order chi connectivity index (χ0) is 13.6. The molecule has 2 aliphatic rings. The Morgan fingerprint density at radius 2 is 2.16 bits per heavy atom. The van der Waals surface area contributed by atoms with Crippen molar-refractivity contribution in [1.29, 1.82) is 0 Å².